The number of nitrogens with zero attached hydrogens (tertiary/aromatic N) is 1. The molecular weight excluding hydrogens is 216 g/mol. The number of nitrogens with two attached hydrogens (primary N) is 1. The average Bonchev–Trinajstić information content (AvgIpc) is 2.33. The molecule has 2 fully saturated rings. The van der Waals surface area contributed by atoms with Crippen molar-refractivity contribution in [3.05, 3.63) is 0 Å². The molecule has 0 aromatic carbocycles. The van der Waals surface area contributed by atoms with Crippen LogP contribution in [0.15, 0.2) is 0 Å². The highest BCUT2D eigenvalue weighted by Crippen LogP contribution is 2.40. The van der Waals surface area contributed by atoms with Crippen LogP contribution < -0.4 is 5.73 Å². The van der Waals surface area contributed by atoms with Gasteiger partial charge in [-0.25, -0.2) is 0 Å². The van der Waals surface area contributed by atoms with Crippen LogP contribution in [-0.4, -0.2) is 55.5 Å². The standard InChI is InChI=1S/C13H26N2O2/c1-3-11-9-15(5-6-17-11)13(10-14)7-12(8-13)16-4-2/h11-12H,3-10,14H2,1-2H3. The lowest BCUT2D eigenvalue weighted by molar-refractivity contribution is -0.139. The van der Waals surface area contributed by atoms with Crippen LogP contribution in [0, 0.1) is 0 Å². The highest BCUT2D eigenvalue weighted by molar-refractivity contribution is 5.05. The summed E-state index contributed by atoms with van der Waals surface area (Å²) in [5.74, 6) is 0. The lowest BCUT2D eigenvalue weighted by Crippen LogP contribution is -2.67. The molecule has 4 heteroatoms. The first-order valence-electron chi connectivity index (χ1n) is 6.92. The topological polar surface area (TPSA) is 47.7 Å². The van der Waals surface area contributed by atoms with Crippen molar-refractivity contribution in [2.75, 3.05) is 32.8 Å². The second-order valence-electron chi connectivity index (χ2n) is 5.26. The fourth-order valence-electron chi connectivity index (χ4n) is 3.09. The van der Waals surface area contributed by atoms with Crippen molar-refractivity contribution in [2.24, 2.45) is 5.73 Å². The minimum Gasteiger partial charge on any atom is -0.378 e. The van der Waals surface area contributed by atoms with Gasteiger partial charge < -0.3 is 15.2 Å². The molecule has 0 spiro atoms. The van der Waals surface area contributed by atoms with E-state index in [4.69, 9.17) is 15.2 Å². The fraction of sp³-hybridized carbons (Fsp3) is 1.00. The third kappa shape index (κ3) is 2.65. The first-order valence-corrected chi connectivity index (χ1v) is 6.92. The van der Waals surface area contributed by atoms with Crippen LogP contribution in [0.2, 0.25) is 0 Å². The molecule has 1 unspecified atom stereocenters. The lowest BCUT2D eigenvalue weighted by atomic mass is 9.72. The molecule has 0 radical (unpaired) electrons. The monoisotopic (exact) mass is 242 g/mol. The molecule has 0 bridgehead atoms. The van der Waals surface area contributed by atoms with Crippen LogP contribution in [0.3, 0.4) is 0 Å². The molecule has 4 nitrogen and oxygen atoms in total. The zero-order valence-corrected chi connectivity index (χ0v) is 11.2. The van der Waals surface area contributed by atoms with E-state index in [2.05, 4.69) is 18.7 Å². The number of hydrogen-bond acceptors (Lipinski definition) is 4. The quantitative estimate of drug-likeness (QED) is 0.781. The number of hydrogen-bond donors (Lipinski definition) is 1. The zero-order chi connectivity index (χ0) is 12.3. The van der Waals surface area contributed by atoms with Crippen molar-refractivity contribution in [2.45, 2.75) is 50.9 Å². The summed E-state index contributed by atoms with van der Waals surface area (Å²) in [6.45, 7) is 8.70. The highest BCUT2D eigenvalue weighted by atomic mass is 16.5. The number of ether oxygens (including phenoxy) is 2. The van der Waals surface area contributed by atoms with Crippen molar-refractivity contribution in [1.82, 2.24) is 4.90 Å². The largest absolute Gasteiger partial charge is 0.378 e. The summed E-state index contributed by atoms with van der Waals surface area (Å²) in [6.07, 6.45) is 4.08. The van der Waals surface area contributed by atoms with Gasteiger partial charge in [0.2, 0.25) is 0 Å². The van der Waals surface area contributed by atoms with E-state index < -0.39 is 0 Å². The van der Waals surface area contributed by atoms with E-state index in [0.29, 0.717) is 12.2 Å². The van der Waals surface area contributed by atoms with Gasteiger partial charge in [-0.1, -0.05) is 6.92 Å². The van der Waals surface area contributed by atoms with Crippen molar-refractivity contribution in [3.8, 4) is 0 Å². The maximum Gasteiger partial charge on any atom is 0.0700 e. The minimum atomic E-state index is 0.192. The summed E-state index contributed by atoms with van der Waals surface area (Å²) < 4.78 is 11.4. The molecule has 2 N–H and O–H groups in total. The molecule has 2 rings (SSSR count). The SMILES string of the molecule is CCOC1CC(CN)(N2CCOC(CC)C2)C1. The predicted molar refractivity (Wildman–Crippen MR) is 68.0 cm³/mol. The first kappa shape index (κ1) is 13.3. The van der Waals surface area contributed by atoms with Gasteiger partial charge in [-0.2, -0.15) is 0 Å². The van der Waals surface area contributed by atoms with E-state index in [1.54, 1.807) is 0 Å². The Morgan fingerprint density at radius 1 is 1.41 bits per heavy atom. The van der Waals surface area contributed by atoms with Gasteiger partial charge in [0.25, 0.3) is 0 Å². The molecule has 0 amide bonds. The van der Waals surface area contributed by atoms with Gasteiger partial charge in [-0.15, -0.1) is 0 Å². The maximum absolute atomic E-state index is 6.01. The second kappa shape index (κ2) is 5.65. The Balaban J connectivity index is 1.90. The Morgan fingerprint density at radius 3 is 2.76 bits per heavy atom. The smallest absolute Gasteiger partial charge is 0.0700 e. The van der Waals surface area contributed by atoms with Gasteiger partial charge in [0.05, 0.1) is 18.8 Å². The molecule has 100 valence electrons. The predicted octanol–water partition coefficient (Wildman–Crippen LogP) is 0.994. The summed E-state index contributed by atoms with van der Waals surface area (Å²) >= 11 is 0. The van der Waals surface area contributed by atoms with Gasteiger partial charge in [0.15, 0.2) is 0 Å². The van der Waals surface area contributed by atoms with Crippen molar-refractivity contribution < 1.29 is 9.47 Å². The van der Waals surface area contributed by atoms with Gasteiger partial charge >= 0.3 is 0 Å². The molecule has 1 saturated heterocycles. The molecule has 17 heavy (non-hydrogen) atoms. The maximum atomic E-state index is 6.01. The Labute approximate surface area is 104 Å². The van der Waals surface area contributed by atoms with Crippen LogP contribution in [0.25, 0.3) is 0 Å². The summed E-state index contributed by atoms with van der Waals surface area (Å²) in [4.78, 5) is 2.54. The van der Waals surface area contributed by atoms with Gasteiger partial charge in [-0.3, -0.25) is 4.90 Å². The van der Waals surface area contributed by atoms with E-state index in [1.165, 1.54) is 0 Å². The molecule has 2 aliphatic rings. The van der Waals surface area contributed by atoms with E-state index >= 15 is 0 Å². The van der Waals surface area contributed by atoms with Crippen molar-refractivity contribution >= 4 is 0 Å². The fourth-order valence-corrected chi connectivity index (χ4v) is 3.09. The summed E-state index contributed by atoms with van der Waals surface area (Å²) in [6, 6.07) is 0. The van der Waals surface area contributed by atoms with Crippen LogP contribution in [0.4, 0.5) is 0 Å². The Bertz CT molecular complexity index is 242. The molecule has 1 aliphatic carbocycles. The molecule has 1 heterocycles. The molecule has 0 aromatic rings. The van der Waals surface area contributed by atoms with Crippen LogP contribution >= 0.6 is 0 Å². The van der Waals surface area contributed by atoms with Crippen LogP contribution in [0.5, 0.6) is 0 Å². The molecule has 1 atom stereocenters. The Kier molecular flexibility index (Phi) is 4.42. The van der Waals surface area contributed by atoms with E-state index in [-0.39, 0.29) is 5.54 Å². The van der Waals surface area contributed by atoms with Gasteiger partial charge in [-0.05, 0) is 26.2 Å². The van der Waals surface area contributed by atoms with Crippen molar-refractivity contribution in [3.63, 3.8) is 0 Å². The molecule has 1 aliphatic heterocycles. The Hall–Kier alpha value is -0.160. The van der Waals surface area contributed by atoms with Gasteiger partial charge in [0.1, 0.15) is 0 Å². The second-order valence-corrected chi connectivity index (χ2v) is 5.26. The average molecular weight is 242 g/mol. The first-order chi connectivity index (χ1) is 8.24. The summed E-state index contributed by atoms with van der Waals surface area (Å²) in [5.41, 5.74) is 6.20. The van der Waals surface area contributed by atoms with E-state index in [9.17, 15) is 0 Å². The zero-order valence-electron chi connectivity index (χ0n) is 11.2. The lowest BCUT2D eigenvalue weighted by Gasteiger charge is -2.55. The third-order valence-electron chi connectivity index (χ3n) is 4.26. The third-order valence-corrected chi connectivity index (χ3v) is 4.26. The van der Waals surface area contributed by atoms with Crippen LogP contribution in [0.1, 0.15) is 33.1 Å². The molecule has 0 aromatic heterocycles. The Morgan fingerprint density at radius 2 is 2.18 bits per heavy atom. The highest BCUT2D eigenvalue weighted by Gasteiger charge is 2.48. The summed E-state index contributed by atoms with van der Waals surface area (Å²) in [7, 11) is 0. The normalized spacial score (nSPS) is 39.0. The van der Waals surface area contributed by atoms with Crippen molar-refractivity contribution in [1.29, 1.82) is 0 Å². The summed E-state index contributed by atoms with van der Waals surface area (Å²) in [5, 5.41) is 0. The van der Waals surface area contributed by atoms with E-state index in [0.717, 1.165) is 52.1 Å². The number of morpholine rings is 1. The molecule has 1 saturated carbocycles. The van der Waals surface area contributed by atoms with Gasteiger partial charge in [0, 0.05) is 31.8 Å². The van der Waals surface area contributed by atoms with Crippen LogP contribution in [-0.2, 0) is 9.47 Å². The van der Waals surface area contributed by atoms with E-state index in [1.807, 2.05) is 0 Å². The number of rotatable bonds is 5. The minimum absolute atomic E-state index is 0.192. The molecular formula is C13H26N2O2.